The zero-order chi connectivity index (χ0) is 21.1. The molecule has 0 saturated heterocycles. The lowest BCUT2D eigenvalue weighted by Crippen LogP contribution is -2.27. The molecule has 0 aliphatic heterocycles. The lowest BCUT2D eigenvalue weighted by atomic mass is 9.78. The van der Waals surface area contributed by atoms with Gasteiger partial charge in [-0.3, -0.25) is 9.59 Å². The summed E-state index contributed by atoms with van der Waals surface area (Å²) in [5.74, 6) is 0.690. The molecular weight excluding hydrogens is 348 g/mol. The van der Waals surface area contributed by atoms with Crippen LogP contribution in [0.25, 0.3) is 5.57 Å². The number of carbonyl (C=O) groups is 2. The summed E-state index contributed by atoms with van der Waals surface area (Å²) in [4.78, 5) is 26.0. The number of esters is 1. The maximum Gasteiger partial charge on any atom is 0.316 e. The van der Waals surface area contributed by atoms with Crippen molar-refractivity contribution in [2.24, 2.45) is 11.3 Å². The van der Waals surface area contributed by atoms with Gasteiger partial charge >= 0.3 is 5.97 Å². The number of rotatable bonds is 6. The summed E-state index contributed by atoms with van der Waals surface area (Å²) in [5.41, 5.74) is 4.59. The van der Waals surface area contributed by atoms with Crippen LogP contribution in [0.15, 0.2) is 17.9 Å². The van der Waals surface area contributed by atoms with Gasteiger partial charge in [-0.15, -0.1) is 0 Å². The predicted octanol–water partition coefficient (Wildman–Crippen LogP) is 6.20. The van der Waals surface area contributed by atoms with Crippen LogP contribution in [0.5, 0.6) is 0 Å². The Balaban J connectivity index is 2.68. The zero-order valence-electron chi connectivity index (χ0n) is 18.7. The number of Topliss-reactive ketones (excluding diaryl/α,β-unsaturated/α-hetero) is 1. The minimum absolute atomic E-state index is 0.120. The minimum Gasteiger partial charge on any atom is -0.430 e. The minimum atomic E-state index is -0.604. The summed E-state index contributed by atoms with van der Waals surface area (Å²) in [7, 11) is 0. The molecule has 0 spiro atoms. The molecule has 1 aromatic carbocycles. The van der Waals surface area contributed by atoms with Crippen LogP contribution in [0.1, 0.15) is 89.5 Å². The van der Waals surface area contributed by atoms with Crippen LogP contribution in [0.3, 0.4) is 0 Å². The van der Waals surface area contributed by atoms with E-state index in [1.165, 1.54) is 16.7 Å². The number of hydrogen-bond donors (Lipinski definition) is 0. The first-order valence-corrected chi connectivity index (χ1v) is 10.7. The monoisotopic (exact) mass is 384 g/mol. The maximum atomic E-state index is 13.3. The standard InChI is InChI=1S/C25H36O3/c1-8-11-17-14-20(26)23(21(15-17)28-24(27)25(5,6)7)22-18(9-2)12-16(4)13-19(22)10-3/h12-13,17H,8-11,14-15H2,1-7H3. The molecule has 1 aliphatic carbocycles. The van der Waals surface area contributed by atoms with E-state index < -0.39 is 5.41 Å². The summed E-state index contributed by atoms with van der Waals surface area (Å²) in [6.45, 7) is 14.0. The van der Waals surface area contributed by atoms with Crippen LogP contribution in [-0.4, -0.2) is 11.8 Å². The van der Waals surface area contributed by atoms with Crippen molar-refractivity contribution in [1.29, 1.82) is 0 Å². The van der Waals surface area contributed by atoms with Gasteiger partial charge in [0.2, 0.25) is 0 Å². The highest BCUT2D eigenvalue weighted by molar-refractivity contribution is 6.23. The van der Waals surface area contributed by atoms with Gasteiger partial charge in [-0.05, 0) is 69.6 Å². The van der Waals surface area contributed by atoms with Crippen LogP contribution < -0.4 is 0 Å². The molecule has 3 heteroatoms. The molecule has 0 fully saturated rings. The molecule has 28 heavy (non-hydrogen) atoms. The van der Waals surface area contributed by atoms with E-state index in [4.69, 9.17) is 4.74 Å². The average Bonchev–Trinajstić information content (AvgIpc) is 2.61. The molecule has 0 radical (unpaired) electrons. The summed E-state index contributed by atoms with van der Waals surface area (Å²) in [6, 6.07) is 4.33. The van der Waals surface area contributed by atoms with E-state index in [0.29, 0.717) is 24.2 Å². The molecule has 0 saturated carbocycles. The molecule has 3 nitrogen and oxygen atoms in total. The second kappa shape index (κ2) is 9.07. The van der Waals surface area contributed by atoms with E-state index in [-0.39, 0.29) is 17.7 Å². The Morgan fingerprint density at radius 1 is 1.07 bits per heavy atom. The molecule has 2 rings (SSSR count). The van der Waals surface area contributed by atoms with Crippen molar-refractivity contribution in [3.63, 3.8) is 0 Å². The fraction of sp³-hybridized carbons (Fsp3) is 0.600. The van der Waals surface area contributed by atoms with Crippen LogP contribution >= 0.6 is 0 Å². The summed E-state index contributed by atoms with van der Waals surface area (Å²) >= 11 is 0. The van der Waals surface area contributed by atoms with Crippen molar-refractivity contribution >= 4 is 17.3 Å². The smallest absolute Gasteiger partial charge is 0.316 e. The van der Waals surface area contributed by atoms with Gasteiger partial charge < -0.3 is 4.74 Å². The second-order valence-electron chi connectivity index (χ2n) is 9.09. The summed E-state index contributed by atoms with van der Waals surface area (Å²) in [5, 5.41) is 0. The van der Waals surface area contributed by atoms with E-state index in [2.05, 4.69) is 39.8 Å². The van der Waals surface area contributed by atoms with Gasteiger partial charge in [0.1, 0.15) is 5.76 Å². The fourth-order valence-corrected chi connectivity index (χ4v) is 4.03. The van der Waals surface area contributed by atoms with E-state index >= 15 is 0 Å². The van der Waals surface area contributed by atoms with E-state index in [1.54, 1.807) is 0 Å². The maximum absolute atomic E-state index is 13.3. The van der Waals surface area contributed by atoms with Crippen LogP contribution in [0.2, 0.25) is 0 Å². The molecule has 0 N–H and O–H groups in total. The van der Waals surface area contributed by atoms with Crippen LogP contribution in [0.4, 0.5) is 0 Å². The molecule has 154 valence electrons. The largest absolute Gasteiger partial charge is 0.430 e. The Hall–Kier alpha value is -1.90. The second-order valence-corrected chi connectivity index (χ2v) is 9.09. The molecular formula is C25H36O3. The molecule has 0 heterocycles. The van der Waals surface area contributed by atoms with E-state index in [9.17, 15) is 9.59 Å². The Kier molecular flexibility index (Phi) is 7.25. The number of aryl methyl sites for hydroxylation is 3. The van der Waals surface area contributed by atoms with Gasteiger partial charge in [0, 0.05) is 12.8 Å². The Labute approximate surface area is 170 Å². The Morgan fingerprint density at radius 2 is 1.64 bits per heavy atom. The normalized spacial score (nSPS) is 17.8. The highest BCUT2D eigenvalue weighted by Gasteiger charge is 2.34. The van der Waals surface area contributed by atoms with Crippen molar-refractivity contribution < 1.29 is 14.3 Å². The molecule has 1 unspecified atom stereocenters. The first-order valence-electron chi connectivity index (χ1n) is 10.7. The third-order valence-electron chi connectivity index (χ3n) is 5.49. The van der Waals surface area contributed by atoms with Crippen molar-refractivity contribution in [3.8, 4) is 0 Å². The third-order valence-corrected chi connectivity index (χ3v) is 5.49. The van der Waals surface area contributed by atoms with Crippen molar-refractivity contribution in [2.75, 3.05) is 0 Å². The lowest BCUT2D eigenvalue weighted by molar-refractivity contribution is -0.148. The zero-order valence-corrected chi connectivity index (χ0v) is 18.7. The average molecular weight is 385 g/mol. The Morgan fingerprint density at radius 3 is 2.11 bits per heavy atom. The third kappa shape index (κ3) is 4.92. The van der Waals surface area contributed by atoms with Crippen molar-refractivity contribution in [3.05, 3.63) is 40.1 Å². The molecule has 0 aromatic heterocycles. The van der Waals surface area contributed by atoms with Crippen LogP contribution in [0, 0.1) is 18.3 Å². The summed E-state index contributed by atoms with van der Waals surface area (Å²) < 4.78 is 5.92. The molecule has 0 bridgehead atoms. The summed E-state index contributed by atoms with van der Waals surface area (Å²) in [6.07, 6.45) is 4.90. The molecule has 1 aliphatic rings. The van der Waals surface area contributed by atoms with Gasteiger partial charge in [-0.25, -0.2) is 0 Å². The first-order chi connectivity index (χ1) is 13.1. The van der Waals surface area contributed by atoms with Crippen LogP contribution in [-0.2, 0) is 27.2 Å². The SMILES string of the molecule is CCCC1CC(=O)C(c2c(CC)cc(C)cc2CC)=C(OC(=O)C(C)(C)C)C1. The lowest BCUT2D eigenvalue weighted by Gasteiger charge is -2.29. The molecule has 1 aromatic rings. The highest BCUT2D eigenvalue weighted by Crippen LogP contribution is 2.39. The number of allylic oxidation sites excluding steroid dienone is 2. The topological polar surface area (TPSA) is 43.4 Å². The number of benzene rings is 1. The number of ether oxygens (including phenoxy) is 1. The van der Waals surface area contributed by atoms with Gasteiger partial charge in [0.15, 0.2) is 5.78 Å². The van der Waals surface area contributed by atoms with E-state index in [1.807, 2.05) is 20.8 Å². The van der Waals surface area contributed by atoms with E-state index in [0.717, 1.165) is 31.2 Å². The number of carbonyl (C=O) groups excluding carboxylic acids is 2. The molecule has 0 amide bonds. The predicted molar refractivity (Wildman–Crippen MR) is 115 cm³/mol. The van der Waals surface area contributed by atoms with Gasteiger partial charge in [-0.2, -0.15) is 0 Å². The van der Waals surface area contributed by atoms with Gasteiger partial charge in [-0.1, -0.05) is 44.9 Å². The first kappa shape index (κ1) is 22.4. The molecule has 1 atom stereocenters. The fourth-order valence-electron chi connectivity index (χ4n) is 4.03. The Bertz CT molecular complexity index is 752. The number of hydrogen-bond acceptors (Lipinski definition) is 3. The van der Waals surface area contributed by atoms with Gasteiger partial charge in [0.05, 0.1) is 11.0 Å². The van der Waals surface area contributed by atoms with Crippen molar-refractivity contribution in [1.82, 2.24) is 0 Å². The quantitative estimate of drug-likeness (QED) is 0.548. The number of ketones is 1. The van der Waals surface area contributed by atoms with Crippen molar-refractivity contribution in [2.45, 2.75) is 87.0 Å². The van der Waals surface area contributed by atoms with Gasteiger partial charge in [0.25, 0.3) is 0 Å². The highest BCUT2D eigenvalue weighted by atomic mass is 16.5.